The van der Waals surface area contributed by atoms with Crippen LogP contribution in [-0.2, 0) is 25.5 Å². The van der Waals surface area contributed by atoms with E-state index >= 15 is 0 Å². The van der Waals surface area contributed by atoms with Crippen LogP contribution in [0.5, 0.6) is 0 Å². The number of aromatic nitrogens is 2. The molecule has 0 radical (unpaired) electrons. The van der Waals surface area contributed by atoms with E-state index in [4.69, 9.17) is 18.9 Å². The van der Waals surface area contributed by atoms with E-state index in [-0.39, 0.29) is 18.0 Å². The van der Waals surface area contributed by atoms with Crippen molar-refractivity contribution in [1.29, 1.82) is 0 Å². The van der Waals surface area contributed by atoms with Crippen LogP contribution >= 0.6 is 0 Å². The Morgan fingerprint density at radius 1 is 0.771 bits per heavy atom. The molecule has 0 unspecified atom stereocenters. The van der Waals surface area contributed by atoms with Crippen molar-refractivity contribution >= 4 is 0 Å². The quantitative estimate of drug-likeness (QED) is 0.256. The largest absolute Gasteiger partial charge is 0.347 e. The van der Waals surface area contributed by atoms with E-state index in [1.54, 1.807) is 12.4 Å². The molecule has 0 aromatic carbocycles. The number of aryl methyl sites for hydroxylation is 1. The maximum Gasteiger partial charge on any atom is 0.189 e. The first kappa shape index (κ1) is 26.2. The molecule has 2 aliphatic heterocycles. The van der Waals surface area contributed by atoms with Crippen molar-refractivity contribution in [3.8, 4) is 0 Å². The minimum absolute atomic E-state index is 0.254. The lowest BCUT2D eigenvalue weighted by Crippen LogP contribution is -2.49. The molecule has 0 saturated carbocycles. The number of rotatable bonds is 13. The normalized spacial score (nSPS) is 24.6. The standard InChI is InChI=1S/C29H43N2O4/c1-2-3-4-5-6-7-8-9-10-11-17-31-18-13-15-26(20-31)28-34-23-29(24-35-28)21-32-27(33-22-29)25-14-12-16-30-19-25/h12-16,18-20,27-28H,2-11,17,21-24H2,1H3/q+1. The van der Waals surface area contributed by atoms with E-state index in [9.17, 15) is 0 Å². The predicted molar refractivity (Wildman–Crippen MR) is 134 cm³/mol. The molecule has 2 saturated heterocycles. The number of pyridine rings is 2. The molecule has 0 amide bonds. The summed E-state index contributed by atoms with van der Waals surface area (Å²) in [6.45, 7) is 5.53. The highest BCUT2D eigenvalue weighted by atomic mass is 16.7. The van der Waals surface area contributed by atoms with Crippen LogP contribution in [0.4, 0.5) is 0 Å². The number of unbranched alkanes of at least 4 members (excludes halogenated alkanes) is 9. The second-order valence-electron chi connectivity index (χ2n) is 10.3. The van der Waals surface area contributed by atoms with E-state index in [0.717, 1.165) is 17.7 Å². The molecule has 2 fully saturated rings. The highest BCUT2D eigenvalue weighted by Gasteiger charge is 2.43. The lowest BCUT2D eigenvalue weighted by molar-refractivity contribution is -0.698. The maximum atomic E-state index is 6.15. The molecule has 1 spiro atoms. The average Bonchev–Trinajstić information content (AvgIpc) is 2.91. The predicted octanol–water partition coefficient (Wildman–Crippen LogP) is 6.07. The fourth-order valence-corrected chi connectivity index (χ4v) is 4.86. The molecular formula is C29H43N2O4+. The topological polar surface area (TPSA) is 53.7 Å². The molecule has 4 rings (SSSR count). The first-order chi connectivity index (χ1) is 17.3. The van der Waals surface area contributed by atoms with Crippen LogP contribution in [0.1, 0.15) is 94.8 Å². The average molecular weight is 484 g/mol. The fraction of sp³-hybridized carbons (Fsp3) is 0.655. The van der Waals surface area contributed by atoms with E-state index in [0.29, 0.717) is 26.4 Å². The SMILES string of the molecule is CCCCCCCCCCCC[n+]1cccc(C2OCC3(COC(c4cccnc4)OC3)CO2)c1. The van der Waals surface area contributed by atoms with Crippen molar-refractivity contribution < 1.29 is 23.5 Å². The summed E-state index contributed by atoms with van der Waals surface area (Å²) in [4.78, 5) is 4.15. The third-order valence-corrected chi connectivity index (χ3v) is 7.04. The van der Waals surface area contributed by atoms with E-state index in [2.05, 4.69) is 41.0 Å². The molecule has 2 aliphatic rings. The van der Waals surface area contributed by atoms with Gasteiger partial charge in [0.1, 0.15) is 6.54 Å². The van der Waals surface area contributed by atoms with Gasteiger partial charge in [-0.05, 0) is 18.6 Å². The summed E-state index contributed by atoms with van der Waals surface area (Å²) in [6.07, 6.45) is 20.7. The summed E-state index contributed by atoms with van der Waals surface area (Å²) in [5.41, 5.74) is 1.75. The van der Waals surface area contributed by atoms with Crippen LogP contribution in [0, 0.1) is 5.41 Å². The Morgan fingerprint density at radius 2 is 1.34 bits per heavy atom. The summed E-state index contributed by atoms with van der Waals surface area (Å²) >= 11 is 0. The summed E-state index contributed by atoms with van der Waals surface area (Å²) in [6, 6.07) is 8.05. The van der Waals surface area contributed by atoms with Gasteiger partial charge in [-0.2, -0.15) is 0 Å². The van der Waals surface area contributed by atoms with Crippen molar-refractivity contribution in [2.45, 2.75) is 90.3 Å². The second-order valence-corrected chi connectivity index (χ2v) is 10.3. The first-order valence-electron chi connectivity index (χ1n) is 13.6. The van der Waals surface area contributed by atoms with Crippen LogP contribution in [0.2, 0.25) is 0 Å². The second kappa shape index (κ2) is 14.0. The van der Waals surface area contributed by atoms with Crippen LogP contribution < -0.4 is 4.57 Å². The van der Waals surface area contributed by atoms with Crippen molar-refractivity contribution in [3.05, 3.63) is 60.2 Å². The Kier molecular flexibility index (Phi) is 10.5. The van der Waals surface area contributed by atoms with Gasteiger partial charge in [0.05, 0.1) is 37.4 Å². The van der Waals surface area contributed by atoms with Gasteiger partial charge in [-0.1, -0.05) is 64.4 Å². The number of hydrogen-bond acceptors (Lipinski definition) is 5. The number of hydrogen-bond donors (Lipinski definition) is 0. The zero-order valence-electron chi connectivity index (χ0n) is 21.4. The van der Waals surface area contributed by atoms with Gasteiger partial charge < -0.3 is 18.9 Å². The van der Waals surface area contributed by atoms with E-state index in [1.807, 2.05) is 12.1 Å². The monoisotopic (exact) mass is 483 g/mol. The highest BCUT2D eigenvalue weighted by molar-refractivity contribution is 5.11. The molecule has 192 valence electrons. The Morgan fingerprint density at radius 3 is 1.94 bits per heavy atom. The van der Waals surface area contributed by atoms with Gasteiger partial charge in [-0.3, -0.25) is 4.98 Å². The minimum atomic E-state index is -0.370. The Bertz CT molecular complexity index is 845. The van der Waals surface area contributed by atoms with Gasteiger partial charge in [0, 0.05) is 30.4 Å². The van der Waals surface area contributed by atoms with Crippen LogP contribution in [0.15, 0.2) is 49.1 Å². The smallest absolute Gasteiger partial charge is 0.189 e. The Balaban J connectivity index is 1.14. The molecule has 0 aliphatic carbocycles. The van der Waals surface area contributed by atoms with Crippen LogP contribution in [-0.4, -0.2) is 31.4 Å². The third kappa shape index (κ3) is 8.07. The molecule has 35 heavy (non-hydrogen) atoms. The van der Waals surface area contributed by atoms with Gasteiger partial charge in [0.15, 0.2) is 25.0 Å². The van der Waals surface area contributed by atoms with Crippen molar-refractivity contribution in [3.63, 3.8) is 0 Å². The maximum absolute atomic E-state index is 6.15. The molecule has 6 heteroatoms. The molecular weight excluding hydrogens is 440 g/mol. The van der Waals surface area contributed by atoms with Gasteiger partial charge >= 0.3 is 0 Å². The molecule has 0 bridgehead atoms. The van der Waals surface area contributed by atoms with Crippen molar-refractivity contribution in [2.75, 3.05) is 26.4 Å². The van der Waals surface area contributed by atoms with Crippen molar-refractivity contribution in [1.82, 2.24) is 4.98 Å². The fourth-order valence-electron chi connectivity index (χ4n) is 4.86. The molecule has 6 nitrogen and oxygen atoms in total. The Labute approximate surface area is 211 Å². The zero-order valence-corrected chi connectivity index (χ0v) is 21.4. The highest BCUT2D eigenvalue weighted by Crippen LogP contribution is 2.37. The molecule has 2 aromatic heterocycles. The minimum Gasteiger partial charge on any atom is -0.347 e. The van der Waals surface area contributed by atoms with E-state index in [1.165, 1.54) is 64.2 Å². The number of nitrogens with zero attached hydrogens (tertiary/aromatic N) is 2. The summed E-state index contributed by atoms with van der Waals surface area (Å²) in [5.74, 6) is 0. The van der Waals surface area contributed by atoms with Gasteiger partial charge in [0.25, 0.3) is 0 Å². The molecule has 4 heterocycles. The lowest BCUT2D eigenvalue weighted by Gasteiger charge is -2.43. The van der Waals surface area contributed by atoms with E-state index < -0.39 is 0 Å². The summed E-state index contributed by atoms with van der Waals surface area (Å²) < 4.78 is 26.6. The number of ether oxygens (including phenoxy) is 4. The molecule has 2 aromatic rings. The Hall–Kier alpha value is -1.86. The van der Waals surface area contributed by atoms with Gasteiger partial charge in [-0.25, -0.2) is 4.57 Å². The molecule has 0 N–H and O–H groups in total. The lowest BCUT2D eigenvalue weighted by atomic mass is 9.90. The summed E-state index contributed by atoms with van der Waals surface area (Å²) in [7, 11) is 0. The van der Waals surface area contributed by atoms with Gasteiger partial charge in [-0.15, -0.1) is 0 Å². The molecule has 0 atom stereocenters. The van der Waals surface area contributed by atoms with Gasteiger partial charge in [0.2, 0.25) is 0 Å². The summed E-state index contributed by atoms with van der Waals surface area (Å²) in [5, 5.41) is 0. The van der Waals surface area contributed by atoms with Crippen molar-refractivity contribution in [2.24, 2.45) is 5.41 Å². The third-order valence-electron chi connectivity index (χ3n) is 7.04. The van der Waals surface area contributed by atoms with Crippen LogP contribution in [0.3, 0.4) is 0 Å². The first-order valence-corrected chi connectivity index (χ1v) is 13.6. The zero-order chi connectivity index (χ0) is 24.2. The van der Waals surface area contributed by atoms with Crippen LogP contribution in [0.25, 0.3) is 0 Å².